The van der Waals surface area contributed by atoms with Gasteiger partial charge in [0.1, 0.15) is 0 Å². The molecular weight excluding hydrogens is 300 g/mol. The molecule has 8 heteroatoms. The zero-order valence-electron chi connectivity index (χ0n) is 8.16. The summed E-state index contributed by atoms with van der Waals surface area (Å²) in [5.74, 6) is -3.69. The van der Waals surface area contributed by atoms with Gasteiger partial charge in [-0.25, -0.2) is 0 Å². The summed E-state index contributed by atoms with van der Waals surface area (Å²) in [5, 5.41) is 27.4. The maximum atomic E-state index is 9.14. The molecule has 0 spiro atoms. The van der Waals surface area contributed by atoms with Gasteiger partial charge in [0.05, 0.1) is 17.9 Å². The Morgan fingerprint density at radius 3 is 0.765 bits per heavy atom. The fourth-order valence-corrected chi connectivity index (χ4v) is 0. The third-order valence-electron chi connectivity index (χ3n) is 0.500. The first-order valence-electron chi connectivity index (χ1n) is 3.32. The molecule has 0 fully saturated rings. The van der Waals surface area contributed by atoms with Crippen molar-refractivity contribution in [2.24, 2.45) is 0 Å². The summed E-state index contributed by atoms with van der Waals surface area (Å²) in [7, 11) is 0. The zero-order chi connectivity index (χ0) is 12.9. The van der Waals surface area contributed by atoms with Crippen molar-refractivity contribution >= 4 is 55.6 Å². The van der Waals surface area contributed by atoms with E-state index >= 15 is 0 Å². The Bertz CT molecular complexity index is 221. The second kappa shape index (κ2) is 24.6. The van der Waals surface area contributed by atoms with Crippen molar-refractivity contribution in [1.82, 2.24) is 0 Å². The maximum absolute atomic E-state index is 9.14. The van der Waals surface area contributed by atoms with E-state index in [0.717, 1.165) is 18.2 Å². The second-order valence-electron chi connectivity index (χ2n) is 1.57. The molecule has 0 unspecified atom stereocenters. The Morgan fingerprint density at radius 1 is 0.706 bits per heavy atom. The molecule has 0 rings (SSSR count). The zero-order valence-corrected chi connectivity index (χ0v) is 9.26. The van der Waals surface area contributed by atoms with Crippen LogP contribution in [0.15, 0.2) is 38.0 Å². The largest absolute Gasteiger partial charge is 3.00 e. The molecule has 1 radical (unpaired) electrons. The number of carboxylic acids is 3. The summed E-state index contributed by atoms with van der Waals surface area (Å²) in [5.41, 5.74) is 0. The van der Waals surface area contributed by atoms with Crippen molar-refractivity contribution in [3.63, 3.8) is 0 Å². The molecule has 0 aliphatic rings. The van der Waals surface area contributed by atoms with Gasteiger partial charge in [0, 0.05) is 0 Å². The molecule has 0 N–H and O–H groups in total. The number of hydrogen-bond donors (Lipinski definition) is 0. The van der Waals surface area contributed by atoms with Gasteiger partial charge < -0.3 is 29.7 Å². The summed E-state index contributed by atoms with van der Waals surface area (Å²) >= 11 is 0. The number of aliphatic carboxylic acids is 3. The van der Waals surface area contributed by atoms with Crippen molar-refractivity contribution in [3.8, 4) is 0 Å². The normalized spacial score (nSPS) is 5.65. The standard InChI is InChI=1S/3C3H4O2.Ca.Fe.2H/c3*1-2-3(4)5;;;;/h3*2H,1H2,(H,4,5);;;;/q;;;;+3;;/p-3. The van der Waals surface area contributed by atoms with Crippen molar-refractivity contribution in [2.45, 2.75) is 0 Å². The van der Waals surface area contributed by atoms with Crippen molar-refractivity contribution in [3.05, 3.63) is 38.0 Å². The first-order valence-corrected chi connectivity index (χ1v) is 3.32. The third kappa shape index (κ3) is 94.7. The van der Waals surface area contributed by atoms with Gasteiger partial charge in [-0.3, -0.25) is 0 Å². The molecule has 0 aromatic rings. The monoisotopic (exact) mass is 311 g/mol. The van der Waals surface area contributed by atoms with Gasteiger partial charge in [-0.05, 0) is 18.2 Å². The minimum atomic E-state index is -1.23. The molecule has 0 atom stereocenters. The number of carboxylic acid groups (broad SMARTS) is 3. The van der Waals surface area contributed by atoms with E-state index in [1.54, 1.807) is 0 Å². The summed E-state index contributed by atoms with van der Waals surface area (Å²) < 4.78 is 0. The molecular formula is C9H11CaFeO6. The average Bonchev–Trinajstić information content (AvgIpc) is 2.19. The second-order valence-corrected chi connectivity index (χ2v) is 1.57. The Morgan fingerprint density at radius 2 is 0.765 bits per heavy atom. The van der Waals surface area contributed by atoms with Crippen LogP contribution in [0.3, 0.4) is 0 Å². The molecule has 0 saturated heterocycles. The first kappa shape index (κ1) is 29.9. The number of carbonyl (C=O) groups excluding carboxylic acids is 3. The van der Waals surface area contributed by atoms with E-state index in [1.165, 1.54) is 0 Å². The van der Waals surface area contributed by atoms with E-state index in [0.29, 0.717) is 0 Å². The molecule has 6 nitrogen and oxygen atoms in total. The topological polar surface area (TPSA) is 120 Å². The van der Waals surface area contributed by atoms with Crippen LogP contribution in [0.1, 0.15) is 0 Å². The molecule has 0 aliphatic carbocycles. The number of hydrogen-bond acceptors (Lipinski definition) is 6. The van der Waals surface area contributed by atoms with E-state index in [9.17, 15) is 0 Å². The van der Waals surface area contributed by atoms with E-state index in [2.05, 4.69) is 19.7 Å². The van der Waals surface area contributed by atoms with E-state index < -0.39 is 17.9 Å². The molecule has 0 aromatic heterocycles. The summed E-state index contributed by atoms with van der Waals surface area (Å²) in [6.07, 6.45) is 2.17. The van der Waals surface area contributed by atoms with Gasteiger partial charge in [0.15, 0.2) is 0 Å². The van der Waals surface area contributed by atoms with Gasteiger partial charge in [0.2, 0.25) is 0 Å². The van der Waals surface area contributed by atoms with Gasteiger partial charge in [-0.15, -0.1) is 0 Å². The third-order valence-corrected chi connectivity index (χ3v) is 0.500. The molecule has 0 amide bonds. The predicted octanol–water partition coefficient (Wildman–Crippen LogP) is -4.15. The van der Waals surface area contributed by atoms with E-state index in [-0.39, 0.29) is 54.8 Å². The SMILES string of the molecule is C=CC(=O)[O-].C=CC(=O)[O-].C=CC(=O)[O-].[CaH2].[Fe+3]. The van der Waals surface area contributed by atoms with Gasteiger partial charge >= 0.3 is 54.8 Å². The molecule has 0 heterocycles. The minimum Gasteiger partial charge on any atom is 3.00 e. The van der Waals surface area contributed by atoms with Crippen molar-refractivity contribution in [2.75, 3.05) is 0 Å². The Kier molecular flexibility index (Phi) is 43.3. The van der Waals surface area contributed by atoms with Crippen LogP contribution in [0.2, 0.25) is 0 Å². The number of rotatable bonds is 3. The minimum absolute atomic E-state index is 0. The fraction of sp³-hybridized carbons (Fsp3) is 0. The Hall–Kier alpha value is -0.591. The van der Waals surface area contributed by atoms with E-state index in [4.69, 9.17) is 29.7 Å². The van der Waals surface area contributed by atoms with Crippen LogP contribution in [-0.2, 0) is 31.5 Å². The molecule has 0 bridgehead atoms. The summed E-state index contributed by atoms with van der Waals surface area (Å²) in [6.45, 7) is 8.69. The van der Waals surface area contributed by atoms with E-state index in [1.807, 2.05) is 0 Å². The van der Waals surface area contributed by atoms with Gasteiger partial charge in [-0.2, -0.15) is 0 Å². The van der Waals surface area contributed by atoms with Crippen LogP contribution in [0.4, 0.5) is 0 Å². The van der Waals surface area contributed by atoms with Gasteiger partial charge in [0.25, 0.3) is 0 Å². The molecule has 17 heavy (non-hydrogen) atoms. The quantitative estimate of drug-likeness (QED) is 0.385. The van der Waals surface area contributed by atoms with Crippen LogP contribution in [0.25, 0.3) is 0 Å². The van der Waals surface area contributed by atoms with Crippen molar-refractivity contribution in [1.29, 1.82) is 0 Å². The van der Waals surface area contributed by atoms with Crippen LogP contribution >= 0.6 is 0 Å². The van der Waals surface area contributed by atoms with Crippen molar-refractivity contribution < 1.29 is 46.8 Å². The first-order chi connectivity index (χ1) is 6.81. The molecule has 93 valence electrons. The maximum Gasteiger partial charge on any atom is 3.00 e. The summed E-state index contributed by atoms with van der Waals surface area (Å²) in [6, 6.07) is 0. The van der Waals surface area contributed by atoms with Crippen LogP contribution < -0.4 is 15.3 Å². The summed E-state index contributed by atoms with van der Waals surface area (Å²) in [4.78, 5) is 27.4. The predicted molar refractivity (Wildman–Crippen MR) is 54.2 cm³/mol. The average molecular weight is 311 g/mol. The van der Waals surface area contributed by atoms with Gasteiger partial charge in [-0.1, -0.05) is 19.7 Å². The Labute approximate surface area is 139 Å². The Balaban J connectivity index is -0.0000000400. The van der Waals surface area contributed by atoms with Crippen LogP contribution in [-0.4, -0.2) is 55.6 Å². The molecule has 0 aliphatic heterocycles. The van der Waals surface area contributed by atoms with Crippen LogP contribution in [0, 0.1) is 0 Å². The van der Waals surface area contributed by atoms with Crippen LogP contribution in [0.5, 0.6) is 0 Å². The fourth-order valence-electron chi connectivity index (χ4n) is 0. The molecule has 0 saturated carbocycles. The smallest absolute Gasteiger partial charge is 3.00 e. The molecule has 0 aromatic carbocycles. The number of carbonyl (C=O) groups is 3.